The summed E-state index contributed by atoms with van der Waals surface area (Å²) in [5.41, 5.74) is 4.66. The Morgan fingerprint density at radius 3 is 1.97 bits per heavy atom. The molecule has 0 heterocycles. The number of hydrogen-bond donors (Lipinski definition) is 6. The zero-order valence-electron chi connectivity index (χ0n) is 35.6. The Kier molecular flexibility index (Phi) is 20.4. The first-order valence-electron chi connectivity index (χ1n) is 21.3. The number of hydrogen-bond acceptors (Lipinski definition) is 15. The molecule has 7 N–H and O–H groups in total. The number of esters is 1. The number of benzene rings is 3. The van der Waals surface area contributed by atoms with Gasteiger partial charge < -0.3 is 31.1 Å². The van der Waals surface area contributed by atoms with Gasteiger partial charge in [-0.25, -0.2) is 13.0 Å². The molecule has 3 aromatic rings. The summed E-state index contributed by atoms with van der Waals surface area (Å²) in [5.74, 6) is -2.29. The van der Waals surface area contributed by atoms with Crippen LogP contribution in [0.3, 0.4) is 0 Å². The zero-order valence-corrected chi connectivity index (χ0v) is 38.1. The monoisotopic (exact) mass is 937 g/mol. The predicted octanol–water partition coefficient (Wildman–Crippen LogP) is 6.92. The zero-order chi connectivity index (χ0) is 46.0. The quantitative estimate of drug-likeness (QED) is 0.0102. The van der Waals surface area contributed by atoms with Crippen LogP contribution in [0.2, 0.25) is 0 Å². The lowest BCUT2D eigenvalue weighted by atomic mass is 9.82. The van der Waals surface area contributed by atoms with Gasteiger partial charge in [0.1, 0.15) is 17.6 Å². The van der Waals surface area contributed by atoms with E-state index in [1.807, 2.05) is 0 Å². The molecule has 0 saturated carbocycles. The molecule has 1 aliphatic carbocycles. The fourth-order valence-corrected chi connectivity index (χ4v) is 9.67. The van der Waals surface area contributed by atoms with Crippen molar-refractivity contribution in [2.24, 2.45) is 0 Å². The average Bonchev–Trinajstić information content (AvgIpc) is 3.24. The minimum atomic E-state index is -4.98. The lowest BCUT2D eigenvalue weighted by molar-refractivity contribution is -0.147. The molecule has 0 radical (unpaired) electrons. The second kappa shape index (κ2) is 24.9. The summed E-state index contributed by atoms with van der Waals surface area (Å²) in [6.45, 7) is 0.643. The molecular formula is C43H60N3O14PS2. The molecule has 3 aromatic carbocycles. The van der Waals surface area contributed by atoms with Crippen LogP contribution in [0.1, 0.15) is 129 Å². The maximum atomic E-state index is 13.6. The average molecular weight is 938 g/mol. The number of nitrogens with two attached hydrogens (primary N) is 1. The third kappa shape index (κ3) is 16.2. The topological polar surface area (TPSA) is 275 Å². The molecule has 20 heteroatoms. The van der Waals surface area contributed by atoms with Crippen molar-refractivity contribution in [3.8, 4) is 0 Å². The van der Waals surface area contributed by atoms with Crippen molar-refractivity contribution in [1.82, 2.24) is 5.32 Å². The second-order valence-corrected chi connectivity index (χ2v) is 20.4. The summed E-state index contributed by atoms with van der Waals surface area (Å²) < 4.78 is 87.9. The number of nitrogen functional groups attached to an aromatic ring is 1. The summed E-state index contributed by atoms with van der Waals surface area (Å²) in [4.78, 5) is 48.1. The number of sulfone groups is 1. The van der Waals surface area contributed by atoms with Crippen LogP contribution in [-0.2, 0) is 43.1 Å². The Morgan fingerprint density at radius 2 is 1.37 bits per heavy atom. The summed E-state index contributed by atoms with van der Waals surface area (Å²) in [5, 5.41) is 15.7. The molecule has 17 nitrogen and oxygen atoms in total. The number of rotatable bonds is 30. The van der Waals surface area contributed by atoms with E-state index in [1.54, 1.807) is 6.07 Å². The molecule has 0 amide bonds. The third-order valence-electron chi connectivity index (χ3n) is 10.4. The van der Waals surface area contributed by atoms with E-state index < -0.39 is 86.5 Å². The molecular weight excluding hydrogens is 878 g/mol. The molecule has 0 fully saturated rings. The van der Waals surface area contributed by atoms with E-state index in [-0.39, 0.29) is 59.1 Å². The number of phosphoric ester groups is 1. The molecule has 0 spiro atoms. The number of carbonyl (C=O) groups excluding carboxylic acids is 3. The summed E-state index contributed by atoms with van der Waals surface area (Å²) in [6.07, 6.45) is 14.2. The van der Waals surface area contributed by atoms with Gasteiger partial charge >= 0.3 is 13.8 Å². The van der Waals surface area contributed by atoms with Gasteiger partial charge in [0.25, 0.3) is 10.1 Å². The van der Waals surface area contributed by atoms with Crippen LogP contribution in [0.15, 0.2) is 64.4 Å². The maximum Gasteiger partial charge on any atom is 0.472 e. The van der Waals surface area contributed by atoms with Crippen LogP contribution >= 0.6 is 7.82 Å². The van der Waals surface area contributed by atoms with Crippen molar-refractivity contribution in [1.29, 1.82) is 0 Å². The molecule has 0 bridgehead atoms. The highest BCUT2D eigenvalue weighted by molar-refractivity contribution is 7.91. The molecule has 63 heavy (non-hydrogen) atoms. The van der Waals surface area contributed by atoms with Gasteiger partial charge in [0.2, 0.25) is 0 Å². The SMILES string of the molecule is CCCCCCCCCCCCCCCC(=O)OCC(O)COP(=O)(O)OCCNCCS(=O)(=O)c1cccc(Nc2cc(S(=O)(=O)O)c(N)c3c2C(=O)c2ccccc2C3=O)c1. The standard InChI is InChI=1S/C43H60N3O14PS2/c1-2-3-4-5-6-7-8-9-10-11-12-13-14-22-38(48)58-29-32(47)30-60-61(51,52)59-25-23-45-24-26-62(53,54)33-19-17-18-31(27-33)46-36-28-37(63(55,56)57)41(44)40-39(36)42(49)34-20-15-16-21-35(34)43(40)50/h15-21,27-28,32,45-47H,2-14,22-26,29-30,44H2,1H3,(H,51,52)(H,55,56,57). The largest absolute Gasteiger partial charge is 0.472 e. The van der Waals surface area contributed by atoms with Crippen LogP contribution in [0, 0.1) is 0 Å². The van der Waals surface area contributed by atoms with E-state index in [0.717, 1.165) is 25.3 Å². The fraction of sp³-hybridized carbons (Fsp3) is 0.512. The van der Waals surface area contributed by atoms with Crippen molar-refractivity contribution in [2.75, 3.05) is 49.7 Å². The van der Waals surface area contributed by atoms with Gasteiger partial charge in [-0.05, 0) is 30.7 Å². The first-order valence-corrected chi connectivity index (χ1v) is 25.9. The van der Waals surface area contributed by atoms with Gasteiger partial charge in [0, 0.05) is 36.3 Å². The van der Waals surface area contributed by atoms with Crippen LogP contribution in [0.5, 0.6) is 0 Å². The van der Waals surface area contributed by atoms with Crippen molar-refractivity contribution in [2.45, 2.75) is 113 Å². The van der Waals surface area contributed by atoms with Crippen LogP contribution in [0.4, 0.5) is 17.1 Å². The molecule has 4 rings (SSSR count). The lowest BCUT2D eigenvalue weighted by Crippen LogP contribution is -2.26. The number of fused-ring (bicyclic) bond motifs is 2. The summed E-state index contributed by atoms with van der Waals surface area (Å²) in [7, 11) is -13.6. The Balaban J connectivity index is 1.15. The predicted molar refractivity (Wildman–Crippen MR) is 238 cm³/mol. The van der Waals surface area contributed by atoms with Crippen molar-refractivity contribution >= 4 is 62.4 Å². The van der Waals surface area contributed by atoms with Crippen molar-refractivity contribution in [3.63, 3.8) is 0 Å². The normalized spacial score (nSPS) is 14.2. The third-order valence-corrected chi connectivity index (χ3v) is 14.0. The Morgan fingerprint density at radius 1 is 0.778 bits per heavy atom. The molecule has 348 valence electrons. The number of unbranched alkanes of at least 4 members (excludes halogenated alkanes) is 12. The number of aliphatic hydroxyl groups is 1. The van der Waals surface area contributed by atoms with E-state index in [9.17, 15) is 50.3 Å². The molecule has 2 atom stereocenters. The molecule has 2 unspecified atom stereocenters. The second-order valence-electron chi connectivity index (χ2n) is 15.4. The van der Waals surface area contributed by atoms with Crippen molar-refractivity contribution < 1.29 is 64.1 Å². The maximum absolute atomic E-state index is 13.6. The van der Waals surface area contributed by atoms with E-state index in [1.165, 1.54) is 100 Å². The van der Waals surface area contributed by atoms with Crippen molar-refractivity contribution in [3.05, 3.63) is 76.9 Å². The van der Waals surface area contributed by atoms with Crippen LogP contribution < -0.4 is 16.4 Å². The number of anilines is 3. The highest BCUT2D eigenvalue weighted by Crippen LogP contribution is 2.43. The molecule has 0 aliphatic heterocycles. The molecule has 1 aliphatic rings. The summed E-state index contributed by atoms with van der Waals surface area (Å²) in [6, 6.07) is 12.2. The Bertz CT molecular complexity index is 2310. The minimum absolute atomic E-state index is 0.00631. The van der Waals surface area contributed by atoms with Gasteiger partial charge in [-0.3, -0.25) is 28.0 Å². The number of ether oxygens (including phenoxy) is 1. The highest BCUT2D eigenvalue weighted by atomic mass is 32.2. The first kappa shape index (κ1) is 51.6. The van der Waals surface area contributed by atoms with Crippen LogP contribution in [0.25, 0.3) is 0 Å². The van der Waals surface area contributed by atoms with Gasteiger partial charge in [0.15, 0.2) is 21.4 Å². The highest BCUT2D eigenvalue weighted by Gasteiger charge is 2.36. The van der Waals surface area contributed by atoms with E-state index in [4.69, 9.17) is 19.5 Å². The van der Waals surface area contributed by atoms with E-state index >= 15 is 0 Å². The fourth-order valence-electron chi connectivity index (χ4n) is 7.03. The van der Waals surface area contributed by atoms with Gasteiger partial charge in [-0.15, -0.1) is 0 Å². The Hall–Kier alpha value is -4.04. The first-order chi connectivity index (χ1) is 29.9. The Labute approximate surface area is 369 Å². The summed E-state index contributed by atoms with van der Waals surface area (Å²) >= 11 is 0. The van der Waals surface area contributed by atoms with Gasteiger partial charge in [0.05, 0.1) is 46.4 Å². The number of ketones is 2. The van der Waals surface area contributed by atoms with Gasteiger partial charge in [-0.1, -0.05) is 114 Å². The number of aliphatic hydroxyl groups excluding tert-OH is 1. The van der Waals surface area contributed by atoms with E-state index in [2.05, 4.69) is 17.6 Å². The van der Waals surface area contributed by atoms with E-state index in [0.29, 0.717) is 6.42 Å². The lowest BCUT2D eigenvalue weighted by Gasteiger charge is -2.23. The van der Waals surface area contributed by atoms with Gasteiger partial charge in [-0.2, -0.15) is 8.42 Å². The number of nitrogens with one attached hydrogen (secondary N) is 2. The number of carbonyl (C=O) groups is 3. The smallest absolute Gasteiger partial charge is 0.463 e. The molecule has 0 saturated heterocycles. The van der Waals surface area contributed by atoms with Crippen LogP contribution in [-0.4, -0.2) is 93.7 Å². The number of phosphoric acid groups is 1. The minimum Gasteiger partial charge on any atom is -0.463 e. The molecule has 0 aromatic heterocycles.